The number of hydrogen-bond donors (Lipinski definition) is 3. The maximum Gasteiger partial charge on any atom is 0.326 e. The molecule has 6 heteroatoms. The van der Waals surface area contributed by atoms with E-state index in [4.69, 9.17) is 4.74 Å². The van der Waals surface area contributed by atoms with E-state index in [1.807, 2.05) is 31.2 Å². The third-order valence-electron chi connectivity index (χ3n) is 3.77. The summed E-state index contributed by atoms with van der Waals surface area (Å²) in [7, 11) is 0. The van der Waals surface area contributed by atoms with Gasteiger partial charge < -0.3 is 20.5 Å². The Morgan fingerprint density at radius 2 is 2.14 bits per heavy atom. The number of carboxylic acids is 1. The Hall–Kier alpha value is -2.24. The van der Waals surface area contributed by atoms with Crippen molar-refractivity contribution in [2.75, 3.05) is 6.61 Å². The van der Waals surface area contributed by atoms with Crippen molar-refractivity contribution in [3.63, 3.8) is 0 Å². The van der Waals surface area contributed by atoms with Crippen LogP contribution in [-0.4, -0.2) is 29.8 Å². The van der Waals surface area contributed by atoms with Crippen molar-refractivity contribution < 1.29 is 19.4 Å². The molecule has 1 aromatic rings. The molecule has 1 aromatic carbocycles. The molecule has 6 nitrogen and oxygen atoms in total. The fraction of sp³-hybridized carbons (Fsp3) is 0.467. The summed E-state index contributed by atoms with van der Waals surface area (Å²) in [5, 5.41) is 14.5. The Balaban J connectivity index is 1.98. The van der Waals surface area contributed by atoms with Crippen molar-refractivity contribution in [2.45, 2.75) is 32.4 Å². The smallest absolute Gasteiger partial charge is 0.326 e. The molecular weight excluding hydrogens is 272 g/mol. The number of carbonyl (C=O) groups excluding carboxylic acids is 1. The third kappa shape index (κ3) is 3.45. The van der Waals surface area contributed by atoms with E-state index in [1.165, 1.54) is 0 Å². The second-order valence-electron chi connectivity index (χ2n) is 5.22. The molecule has 2 amide bonds. The first kappa shape index (κ1) is 15.2. The summed E-state index contributed by atoms with van der Waals surface area (Å²) in [6, 6.07) is 5.82. The molecule has 0 saturated heterocycles. The van der Waals surface area contributed by atoms with Crippen molar-refractivity contribution in [3.8, 4) is 5.75 Å². The number of carbonyl (C=O) groups is 2. The minimum absolute atomic E-state index is 0.139. The molecule has 0 bridgehead atoms. The molecule has 3 N–H and O–H groups in total. The first-order valence-electron chi connectivity index (χ1n) is 7.04. The normalized spacial score (nSPS) is 19.0. The average molecular weight is 292 g/mol. The van der Waals surface area contributed by atoms with E-state index in [-0.39, 0.29) is 12.0 Å². The summed E-state index contributed by atoms with van der Waals surface area (Å²) < 4.78 is 5.47. The Morgan fingerprint density at radius 1 is 1.43 bits per heavy atom. The molecule has 0 aromatic heterocycles. The summed E-state index contributed by atoms with van der Waals surface area (Å²) in [5.74, 6) is -0.414. The summed E-state index contributed by atoms with van der Waals surface area (Å²) >= 11 is 0. The van der Waals surface area contributed by atoms with Gasteiger partial charge in [-0.05, 0) is 12.0 Å². The number of nitrogens with one attached hydrogen (secondary N) is 2. The molecule has 114 valence electrons. The van der Waals surface area contributed by atoms with Gasteiger partial charge in [-0.25, -0.2) is 9.59 Å². The highest BCUT2D eigenvalue weighted by molar-refractivity contribution is 5.83. The summed E-state index contributed by atoms with van der Waals surface area (Å²) in [5.41, 5.74) is 0.906. The number of rotatable bonds is 5. The zero-order chi connectivity index (χ0) is 15.4. The second-order valence-corrected chi connectivity index (χ2v) is 5.22. The van der Waals surface area contributed by atoms with Gasteiger partial charge in [0, 0.05) is 5.56 Å². The second kappa shape index (κ2) is 6.47. The lowest BCUT2D eigenvalue weighted by Gasteiger charge is -2.21. The standard InChI is InChI=1S/C15H20N2O4/c1-3-9(2)13(14(18)19)17-15(20)16-11-8-21-12-7-5-4-6-10(11)12/h4-7,9,11,13H,3,8H2,1-2H3,(H,18,19)(H2,16,17,20). The molecule has 3 unspecified atom stereocenters. The fourth-order valence-corrected chi connectivity index (χ4v) is 2.31. The minimum atomic E-state index is -1.03. The van der Waals surface area contributed by atoms with Gasteiger partial charge in [-0.2, -0.15) is 0 Å². The van der Waals surface area contributed by atoms with Gasteiger partial charge in [0.25, 0.3) is 0 Å². The molecule has 0 radical (unpaired) electrons. The molecule has 1 aliphatic rings. The zero-order valence-electron chi connectivity index (χ0n) is 12.1. The van der Waals surface area contributed by atoms with Crippen LogP contribution in [0.5, 0.6) is 5.75 Å². The molecule has 0 aliphatic carbocycles. The predicted molar refractivity (Wildman–Crippen MR) is 77.2 cm³/mol. The first-order valence-corrected chi connectivity index (χ1v) is 7.04. The lowest BCUT2D eigenvalue weighted by atomic mass is 9.99. The van der Waals surface area contributed by atoms with E-state index in [9.17, 15) is 14.7 Å². The fourth-order valence-electron chi connectivity index (χ4n) is 2.31. The Morgan fingerprint density at radius 3 is 2.81 bits per heavy atom. The van der Waals surface area contributed by atoms with Crippen LogP contribution in [0.3, 0.4) is 0 Å². The Bertz CT molecular complexity index is 532. The van der Waals surface area contributed by atoms with Gasteiger partial charge >= 0.3 is 12.0 Å². The van der Waals surface area contributed by atoms with Gasteiger partial charge in [0.2, 0.25) is 0 Å². The van der Waals surface area contributed by atoms with E-state index in [1.54, 1.807) is 6.92 Å². The molecule has 1 aliphatic heterocycles. The molecule has 21 heavy (non-hydrogen) atoms. The molecule has 1 heterocycles. The number of hydrogen-bond acceptors (Lipinski definition) is 3. The molecule has 0 fully saturated rings. The Kier molecular flexibility index (Phi) is 4.67. The summed E-state index contributed by atoms with van der Waals surface area (Å²) in [6.45, 7) is 4.04. The van der Waals surface area contributed by atoms with Gasteiger partial charge in [-0.1, -0.05) is 38.5 Å². The van der Waals surface area contributed by atoms with Crippen molar-refractivity contribution in [1.82, 2.24) is 10.6 Å². The van der Waals surface area contributed by atoms with Crippen LogP contribution >= 0.6 is 0 Å². The van der Waals surface area contributed by atoms with Crippen LogP contribution in [0.4, 0.5) is 4.79 Å². The van der Waals surface area contributed by atoms with Gasteiger partial charge in [-0.15, -0.1) is 0 Å². The number of aliphatic carboxylic acids is 1. The lowest BCUT2D eigenvalue weighted by molar-refractivity contribution is -0.140. The summed E-state index contributed by atoms with van der Waals surface area (Å²) in [6.07, 6.45) is 0.673. The SMILES string of the molecule is CCC(C)C(NC(=O)NC1COc2ccccc21)C(=O)O. The van der Waals surface area contributed by atoms with E-state index in [0.717, 1.165) is 11.3 Å². The maximum atomic E-state index is 12.0. The van der Waals surface area contributed by atoms with E-state index in [0.29, 0.717) is 13.0 Å². The maximum absolute atomic E-state index is 12.0. The molecule has 2 rings (SSSR count). The topological polar surface area (TPSA) is 87.7 Å². The van der Waals surface area contributed by atoms with Gasteiger partial charge in [0.05, 0.1) is 6.04 Å². The predicted octanol–water partition coefficient (Wildman–Crippen LogP) is 1.92. The molecule has 0 saturated carbocycles. The van der Waals surface area contributed by atoms with Crippen molar-refractivity contribution in [3.05, 3.63) is 29.8 Å². The van der Waals surface area contributed by atoms with Crippen LogP contribution in [0.15, 0.2) is 24.3 Å². The zero-order valence-corrected chi connectivity index (χ0v) is 12.1. The lowest BCUT2D eigenvalue weighted by Crippen LogP contribution is -2.50. The molecule has 3 atom stereocenters. The van der Waals surface area contributed by atoms with E-state index < -0.39 is 18.0 Å². The van der Waals surface area contributed by atoms with Crippen LogP contribution in [-0.2, 0) is 4.79 Å². The van der Waals surface area contributed by atoms with Crippen LogP contribution in [0.25, 0.3) is 0 Å². The third-order valence-corrected chi connectivity index (χ3v) is 3.77. The molecule has 0 spiro atoms. The van der Waals surface area contributed by atoms with E-state index in [2.05, 4.69) is 10.6 Å². The van der Waals surface area contributed by atoms with Gasteiger partial charge in [-0.3, -0.25) is 0 Å². The largest absolute Gasteiger partial charge is 0.491 e. The number of amides is 2. The Labute approximate surface area is 123 Å². The minimum Gasteiger partial charge on any atom is -0.491 e. The number of fused-ring (bicyclic) bond motifs is 1. The summed E-state index contributed by atoms with van der Waals surface area (Å²) in [4.78, 5) is 23.2. The van der Waals surface area contributed by atoms with Gasteiger partial charge in [0.15, 0.2) is 0 Å². The average Bonchev–Trinajstić information content (AvgIpc) is 2.87. The number of para-hydroxylation sites is 1. The highest BCUT2D eigenvalue weighted by atomic mass is 16.5. The monoisotopic (exact) mass is 292 g/mol. The van der Waals surface area contributed by atoms with Crippen LogP contribution in [0.2, 0.25) is 0 Å². The van der Waals surface area contributed by atoms with Crippen molar-refractivity contribution >= 4 is 12.0 Å². The number of ether oxygens (including phenoxy) is 1. The highest BCUT2D eigenvalue weighted by Crippen LogP contribution is 2.31. The highest BCUT2D eigenvalue weighted by Gasteiger charge is 2.29. The number of benzene rings is 1. The van der Waals surface area contributed by atoms with Crippen LogP contribution in [0.1, 0.15) is 31.9 Å². The number of carboxylic acid groups (broad SMARTS) is 1. The quantitative estimate of drug-likeness (QED) is 0.773. The first-order chi connectivity index (χ1) is 10.0. The number of urea groups is 1. The van der Waals surface area contributed by atoms with Crippen molar-refractivity contribution in [2.24, 2.45) is 5.92 Å². The van der Waals surface area contributed by atoms with Crippen LogP contribution < -0.4 is 15.4 Å². The molecular formula is C15H20N2O4. The van der Waals surface area contributed by atoms with E-state index >= 15 is 0 Å². The van der Waals surface area contributed by atoms with Crippen LogP contribution in [0, 0.1) is 5.92 Å². The van der Waals surface area contributed by atoms with Crippen molar-refractivity contribution in [1.29, 1.82) is 0 Å². The van der Waals surface area contributed by atoms with Gasteiger partial charge in [0.1, 0.15) is 18.4 Å².